The van der Waals surface area contributed by atoms with Crippen LogP contribution < -0.4 is 10.6 Å². The zero-order valence-corrected chi connectivity index (χ0v) is 17.4. The van der Waals surface area contributed by atoms with E-state index in [1.54, 1.807) is 29.1 Å². The third-order valence-electron chi connectivity index (χ3n) is 4.13. The third-order valence-corrected chi connectivity index (χ3v) is 4.65. The number of hydrogen-bond donors (Lipinski definition) is 2. The van der Waals surface area contributed by atoms with Crippen molar-refractivity contribution in [2.75, 3.05) is 10.6 Å². The van der Waals surface area contributed by atoms with Crippen molar-refractivity contribution < 1.29 is 9.59 Å². The van der Waals surface area contributed by atoms with Crippen molar-refractivity contribution >= 4 is 46.4 Å². The molecule has 150 valence electrons. The number of amides is 2. The van der Waals surface area contributed by atoms with Gasteiger partial charge < -0.3 is 15.2 Å². The molecule has 3 aromatic rings. The van der Waals surface area contributed by atoms with Crippen molar-refractivity contribution in [2.24, 2.45) is 7.05 Å². The smallest absolute Gasteiger partial charge is 0.257 e. The average Bonchev–Trinajstić information content (AvgIpc) is 3.10. The zero-order valence-electron chi connectivity index (χ0n) is 15.9. The maximum atomic E-state index is 12.9. The molecule has 0 aliphatic rings. The molecule has 1 aromatic heterocycles. The summed E-state index contributed by atoms with van der Waals surface area (Å²) in [6.07, 6.45) is 2.59. The SMILES string of the molecule is CCCC(=O)Nc1c(Cl)cc(Cl)cc1C(=O)Nc1cccc(-c2nncn2C)c1. The summed E-state index contributed by atoms with van der Waals surface area (Å²) in [5.74, 6) is -0.00853. The van der Waals surface area contributed by atoms with E-state index in [1.807, 2.05) is 20.0 Å². The monoisotopic (exact) mass is 431 g/mol. The summed E-state index contributed by atoms with van der Waals surface area (Å²) in [5.41, 5.74) is 1.76. The Hall–Kier alpha value is -2.90. The number of halogens is 2. The fraction of sp³-hybridized carbons (Fsp3) is 0.200. The summed E-state index contributed by atoms with van der Waals surface area (Å²) in [6, 6.07) is 10.1. The minimum absolute atomic E-state index is 0.177. The second-order valence-corrected chi connectivity index (χ2v) is 7.25. The van der Waals surface area contributed by atoms with Crippen LogP contribution in [-0.2, 0) is 11.8 Å². The molecular formula is C20H19Cl2N5O2. The van der Waals surface area contributed by atoms with Gasteiger partial charge in [-0.1, -0.05) is 42.3 Å². The maximum Gasteiger partial charge on any atom is 0.257 e. The van der Waals surface area contributed by atoms with Crippen LogP contribution in [0.25, 0.3) is 11.4 Å². The molecule has 0 unspecified atom stereocenters. The Morgan fingerprint density at radius 2 is 1.93 bits per heavy atom. The molecule has 29 heavy (non-hydrogen) atoms. The number of rotatable bonds is 6. The van der Waals surface area contributed by atoms with Crippen molar-refractivity contribution in [3.63, 3.8) is 0 Å². The van der Waals surface area contributed by atoms with Crippen molar-refractivity contribution in [1.82, 2.24) is 14.8 Å². The average molecular weight is 432 g/mol. The first-order valence-electron chi connectivity index (χ1n) is 8.93. The Bertz CT molecular complexity index is 1060. The lowest BCUT2D eigenvalue weighted by molar-refractivity contribution is -0.116. The van der Waals surface area contributed by atoms with E-state index in [4.69, 9.17) is 23.2 Å². The molecule has 7 nitrogen and oxygen atoms in total. The third kappa shape index (κ3) is 4.93. The van der Waals surface area contributed by atoms with E-state index in [0.717, 1.165) is 5.56 Å². The van der Waals surface area contributed by atoms with Crippen molar-refractivity contribution in [3.05, 3.63) is 58.3 Å². The summed E-state index contributed by atoms with van der Waals surface area (Å²) >= 11 is 12.3. The second-order valence-electron chi connectivity index (χ2n) is 6.41. The van der Waals surface area contributed by atoms with Crippen LogP contribution in [0.1, 0.15) is 30.1 Å². The lowest BCUT2D eigenvalue weighted by Gasteiger charge is -2.14. The van der Waals surface area contributed by atoms with Crippen LogP contribution in [0, 0.1) is 0 Å². The lowest BCUT2D eigenvalue weighted by atomic mass is 10.1. The summed E-state index contributed by atoms with van der Waals surface area (Å²) in [5, 5.41) is 13.9. The Morgan fingerprint density at radius 1 is 1.14 bits per heavy atom. The highest BCUT2D eigenvalue weighted by Gasteiger charge is 2.18. The van der Waals surface area contributed by atoms with Gasteiger partial charge >= 0.3 is 0 Å². The van der Waals surface area contributed by atoms with Gasteiger partial charge in [-0.3, -0.25) is 9.59 Å². The standard InChI is InChI=1S/C20H19Cl2N5O2/c1-3-5-17(28)25-18-15(9-13(21)10-16(18)22)20(29)24-14-7-4-6-12(8-14)19-26-23-11-27(19)2/h4,6-11H,3,5H2,1-2H3,(H,24,29)(H,25,28). The highest BCUT2D eigenvalue weighted by atomic mass is 35.5. The first-order chi connectivity index (χ1) is 13.9. The van der Waals surface area contributed by atoms with Crippen LogP contribution in [-0.4, -0.2) is 26.6 Å². The molecule has 2 N–H and O–H groups in total. The molecule has 0 aliphatic heterocycles. The zero-order chi connectivity index (χ0) is 21.0. The van der Waals surface area contributed by atoms with Crippen LogP contribution in [0.2, 0.25) is 10.0 Å². The highest BCUT2D eigenvalue weighted by molar-refractivity contribution is 6.38. The van der Waals surface area contributed by atoms with Gasteiger partial charge in [0, 0.05) is 29.7 Å². The van der Waals surface area contributed by atoms with Crippen LogP contribution in [0.5, 0.6) is 0 Å². The van der Waals surface area contributed by atoms with Gasteiger partial charge in [0.25, 0.3) is 5.91 Å². The molecule has 2 amide bonds. The quantitative estimate of drug-likeness (QED) is 0.587. The van der Waals surface area contributed by atoms with Gasteiger partial charge in [0.05, 0.1) is 16.3 Å². The van der Waals surface area contributed by atoms with E-state index in [0.29, 0.717) is 29.4 Å². The van der Waals surface area contributed by atoms with E-state index in [2.05, 4.69) is 20.8 Å². The number of carbonyl (C=O) groups excluding carboxylic acids is 2. The van der Waals surface area contributed by atoms with E-state index in [1.165, 1.54) is 12.1 Å². The fourth-order valence-electron chi connectivity index (χ4n) is 2.79. The molecule has 3 rings (SSSR count). The minimum Gasteiger partial charge on any atom is -0.324 e. The van der Waals surface area contributed by atoms with E-state index >= 15 is 0 Å². The van der Waals surface area contributed by atoms with Gasteiger partial charge in [-0.25, -0.2) is 0 Å². The fourth-order valence-corrected chi connectivity index (χ4v) is 3.33. The topological polar surface area (TPSA) is 88.9 Å². The molecule has 0 atom stereocenters. The molecule has 0 aliphatic carbocycles. The predicted molar refractivity (Wildman–Crippen MR) is 114 cm³/mol. The molecule has 0 radical (unpaired) electrons. The van der Waals surface area contributed by atoms with E-state index in [9.17, 15) is 9.59 Å². The Balaban J connectivity index is 1.89. The van der Waals surface area contributed by atoms with Crippen molar-refractivity contribution in [3.8, 4) is 11.4 Å². The molecule has 0 bridgehead atoms. The first kappa shape index (κ1) is 20.8. The minimum atomic E-state index is -0.448. The number of carbonyl (C=O) groups is 2. The van der Waals surface area contributed by atoms with Crippen molar-refractivity contribution in [2.45, 2.75) is 19.8 Å². The largest absolute Gasteiger partial charge is 0.324 e. The number of nitrogens with zero attached hydrogens (tertiary/aromatic N) is 3. The van der Waals surface area contributed by atoms with Gasteiger partial charge in [-0.05, 0) is 30.7 Å². The van der Waals surface area contributed by atoms with E-state index < -0.39 is 5.91 Å². The van der Waals surface area contributed by atoms with E-state index in [-0.39, 0.29) is 22.2 Å². The molecule has 9 heteroatoms. The first-order valence-corrected chi connectivity index (χ1v) is 9.69. The Kier molecular flexibility index (Phi) is 6.51. The normalized spacial score (nSPS) is 10.6. The number of anilines is 2. The highest BCUT2D eigenvalue weighted by Crippen LogP contribution is 2.31. The van der Waals surface area contributed by atoms with Gasteiger partial charge in [0.15, 0.2) is 5.82 Å². The number of hydrogen-bond acceptors (Lipinski definition) is 4. The van der Waals surface area contributed by atoms with Crippen LogP contribution in [0.15, 0.2) is 42.7 Å². The lowest BCUT2D eigenvalue weighted by Crippen LogP contribution is -2.18. The summed E-state index contributed by atoms with van der Waals surface area (Å²) in [6.45, 7) is 1.89. The molecular weight excluding hydrogens is 413 g/mol. The van der Waals surface area contributed by atoms with Crippen LogP contribution in [0.4, 0.5) is 11.4 Å². The predicted octanol–water partition coefficient (Wildman–Crippen LogP) is 4.78. The van der Waals surface area contributed by atoms with Gasteiger partial charge in [0.1, 0.15) is 6.33 Å². The van der Waals surface area contributed by atoms with Gasteiger partial charge in [0.2, 0.25) is 5.91 Å². The summed E-state index contributed by atoms with van der Waals surface area (Å²) < 4.78 is 1.78. The van der Waals surface area contributed by atoms with Crippen LogP contribution in [0.3, 0.4) is 0 Å². The molecule has 0 saturated heterocycles. The molecule has 0 fully saturated rings. The number of aromatic nitrogens is 3. The second kappa shape index (κ2) is 9.07. The number of benzene rings is 2. The number of nitrogens with one attached hydrogen (secondary N) is 2. The molecule has 1 heterocycles. The molecule has 2 aromatic carbocycles. The maximum absolute atomic E-state index is 12.9. The Morgan fingerprint density at radius 3 is 2.62 bits per heavy atom. The summed E-state index contributed by atoms with van der Waals surface area (Å²) in [4.78, 5) is 25.0. The van der Waals surface area contributed by atoms with Gasteiger partial charge in [-0.2, -0.15) is 0 Å². The number of aryl methyl sites for hydroxylation is 1. The van der Waals surface area contributed by atoms with Crippen molar-refractivity contribution in [1.29, 1.82) is 0 Å². The molecule has 0 spiro atoms. The summed E-state index contributed by atoms with van der Waals surface area (Å²) in [7, 11) is 1.83. The van der Waals surface area contributed by atoms with Gasteiger partial charge in [-0.15, -0.1) is 10.2 Å². The Labute approximate surface area is 178 Å². The molecule has 0 saturated carbocycles. The van der Waals surface area contributed by atoms with Crippen LogP contribution >= 0.6 is 23.2 Å².